The van der Waals surface area contributed by atoms with Crippen LogP contribution in [0.1, 0.15) is 5.82 Å². The molecule has 1 N–H and O–H groups in total. The number of aromatic nitrogens is 5. The van der Waals surface area contributed by atoms with Crippen molar-refractivity contribution in [1.82, 2.24) is 24.5 Å². The summed E-state index contributed by atoms with van der Waals surface area (Å²) in [5.74, 6) is 2.18. The maximum Gasteiger partial charge on any atom is 0.147 e. The molecule has 5 aromatic rings. The van der Waals surface area contributed by atoms with Gasteiger partial charge in [0.15, 0.2) is 0 Å². The second kappa shape index (κ2) is 8.07. The molecule has 0 unspecified atom stereocenters. The third-order valence-electron chi connectivity index (χ3n) is 5.17. The Labute approximate surface area is 185 Å². The zero-order chi connectivity index (χ0) is 22.1. The molecule has 0 aliphatic heterocycles. The molecular weight excluding hydrogens is 404 g/mol. The van der Waals surface area contributed by atoms with Crippen LogP contribution < -0.4 is 14.8 Å². The van der Waals surface area contributed by atoms with Crippen LogP contribution in [-0.4, -0.2) is 38.8 Å². The summed E-state index contributed by atoms with van der Waals surface area (Å²) in [4.78, 5) is 4.19. The summed E-state index contributed by atoms with van der Waals surface area (Å²) in [7, 11) is 3.30. The van der Waals surface area contributed by atoms with Crippen molar-refractivity contribution in [3.05, 3.63) is 79.0 Å². The van der Waals surface area contributed by atoms with Gasteiger partial charge in [0.2, 0.25) is 0 Å². The fourth-order valence-corrected chi connectivity index (χ4v) is 3.59. The zero-order valence-electron chi connectivity index (χ0n) is 18.0. The van der Waals surface area contributed by atoms with Gasteiger partial charge in [0.1, 0.15) is 34.9 Å². The third-order valence-corrected chi connectivity index (χ3v) is 5.17. The lowest BCUT2D eigenvalue weighted by atomic mass is 10.2. The minimum atomic E-state index is 0.689. The molecule has 0 amide bonds. The van der Waals surface area contributed by atoms with Gasteiger partial charge in [-0.1, -0.05) is 18.2 Å². The number of methoxy groups -OCH3 is 2. The first-order chi connectivity index (χ1) is 15.6. The van der Waals surface area contributed by atoms with E-state index in [4.69, 9.17) is 14.6 Å². The van der Waals surface area contributed by atoms with Crippen molar-refractivity contribution >= 4 is 22.3 Å². The van der Waals surface area contributed by atoms with Gasteiger partial charge in [-0.2, -0.15) is 10.2 Å². The molecule has 0 aliphatic carbocycles. The number of aryl methyl sites for hydroxylation is 1. The molecule has 160 valence electrons. The average Bonchev–Trinajstić information content (AvgIpc) is 3.46. The molecule has 0 fully saturated rings. The normalized spacial score (nSPS) is 11.0. The number of hydrogen-bond acceptors (Lipinski definition) is 6. The number of ether oxygens (including phenoxy) is 2. The number of hydrogen-bond donors (Lipinski definition) is 1. The van der Waals surface area contributed by atoms with Gasteiger partial charge in [-0.15, -0.1) is 0 Å². The van der Waals surface area contributed by atoms with Crippen molar-refractivity contribution in [2.45, 2.75) is 6.92 Å². The Hall–Kier alpha value is -4.33. The molecule has 3 aromatic carbocycles. The van der Waals surface area contributed by atoms with Crippen LogP contribution in [0.3, 0.4) is 0 Å². The van der Waals surface area contributed by atoms with Crippen molar-refractivity contribution in [2.24, 2.45) is 0 Å². The summed E-state index contributed by atoms with van der Waals surface area (Å²) < 4.78 is 14.5. The SMILES string of the molecule is COc1cccc(-n2cc3cccc(Nc4ccc(-n5cnc(C)n5)c(OC)c4)c3n2)c1. The Morgan fingerprint density at radius 1 is 0.875 bits per heavy atom. The van der Waals surface area contributed by atoms with Gasteiger partial charge in [0.25, 0.3) is 0 Å². The van der Waals surface area contributed by atoms with E-state index in [0.717, 1.165) is 39.4 Å². The minimum absolute atomic E-state index is 0.689. The van der Waals surface area contributed by atoms with E-state index in [-0.39, 0.29) is 0 Å². The highest BCUT2D eigenvalue weighted by Gasteiger charge is 2.11. The number of nitrogens with zero attached hydrogens (tertiary/aromatic N) is 5. The number of fused-ring (bicyclic) bond motifs is 1. The summed E-state index contributed by atoms with van der Waals surface area (Å²) in [6.07, 6.45) is 3.68. The predicted molar refractivity (Wildman–Crippen MR) is 124 cm³/mol. The first kappa shape index (κ1) is 19.6. The van der Waals surface area contributed by atoms with Crippen LogP contribution in [0, 0.1) is 6.92 Å². The van der Waals surface area contributed by atoms with Crippen LogP contribution in [0.15, 0.2) is 73.2 Å². The molecule has 0 saturated heterocycles. The Bertz CT molecular complexity index is 1400. The highest BCUT2D eigenvalue weighted by Crippen LogP contribution is 2.31. The van der Waals surface area contributed by atoms with E-state index in [1.165, 1.54) is 0 Å². The fraction of sp³-hybridized carbons (Fsp3) is 0.125. The molecule has 0 atom stereocenters. The Balaban J connectivity index is 1.49. The first-order valence-electron chi connectivity index (χ1n) is 10.1. The largest absolute Gasteiger partial charge is 0.497 e. The smallest absolute Gasteiger partial charge is 0.147 e. The number of anilines is 2. The van der Waals surface area contributed by atoms with E-state index >= 15 is 0 Å². The van der Waals surface area contributed by atoms with E-state index in [0.29, 0.717) is 11.6 Å². The summed E-state index contributed by atoms with van der Waals surface area (Å²) in [5.41, 5.74) is 4.39. The molecule has 0 aliphatic rings. The first-order valence-corrected chi connectivity index (χ1v) is 10.1. The van der Waals surface area contributed by atoms with Crippen LogP contribution in [0.4, 0.5) is 11.4 Å². The Morgan fingerprint density at radius 3 is 2.53 bits per heavy atom. The van der Waals surface area contributed by atoms with Crippen LogP contribution in [0.2, 0.25) is 0 Å². The van der Waals surface area contributed by atoms with Crippen LogP contribution in [0.25, 0.3) is 22.3 Å². The van der Waals surface area contributed by atoms with Gasteiger partial charge >= 0.3 is 0 Å². The van der Waals surface area contributed by atoms with E-state index in [1.54, 1.807) is 25.2 Å². The molecule has 8 heteroatoms. The van der Waals surface area contributed by atoms with Crippen LogP contribution in [0.5, 0.6) is 11.5 Å². The number of benzene rings is 3. The van der Waals surface area contributed by atoms with Crippen molar-refractivity contribution in [3.8, 4) is 22.9 Å². The monoisotopic (exact) mass is 426 g/mol. The maximum absolute atomic E-state index is 5.60. The maximum atomic E-state index is 5.60. The van der Waals surface area contributed by atoms with Crippen LogP contribution >= 0.6 is 0 Å². The summed E-state index contributed by atoms with van der Waals surface area (Å²) in [6.45, 7) is 1.85. The Morgan fingerprint density at radius 2 is 1.75 bits per heavy atom. The van der Waals surface area contributed by atoms with Gasteiger partial charge in [0, 0.05) is 29.4 Å². The Kier molecular flexibility index (Phi) is 4.95. The zero-order valence-corrected chi connectivity index (χ0v) is 18.0. The molecule has 5 rings (SSSR count). The summed E-state index contributed by atoms with van der Waals surface area (Å²) in [5, 5.41) is 13.7. The topological polar surface area (TPSA) is 79.0 Å². The highest BCUT2D eigenvalue weighted by molar-refractivity contribution is 5.92. The number of rotatable bonds is 6. The molecule has 0 spiro atoms. The summed E-state index contributed by atoms with van der Waals surface area (Å²) in [6, 6.07) is 19.7. The molecule has 2 heterocycles. The van der Waals surface area contributed by atoms with E-state index < -0.39 is 0 Å². The van der Waals surface area contributed by atoms with Gasteiger partial charge in [-0.05, 0) is 37.3 Å². The average molecular weight is 426 g/mol. The fourth-order valence-electron chi connectivity index (χ4n) is 3.59. The molecule has 32 heavy (non-hydrogen) atoms. The van der Waals surface area contributed by atoms with Gasteiger partial charge in [-0.3, -0.25) is 0 Å². The quantitative estimate of drug-likeness (QED) is 0.425. The predicted octanol–water partition coefficient (Wildman–Crippen LogP) is 4.68. The molecule has 8 nitrogen and oxygen atoms in total. The summed E-state index contributed by atoms with van der Waals surface area (Å²) >= 11 is 0. The number of nitrogens with one attached hydrogen (secondary N) is 1. The lowest BCUT2D eigenvalue weighted by Crippen LogP contribution is -2.00. The van der Waals surface area contributed by atoms with E-state index in [2.05, 4.69) is 15.4 Å². The van der Waals surface area contributed by atoms with E-state index in [1.807, 2.05) is 78.5 Å². The van der Waals surface area contributed by atoms with Crippen molar-refractivity contribution < 1.29 is 9.47 Å². The highest BCUT2D eigenvalue weighted by atomic mass is 16.5. The standard InChI is InChI=1S/C24H22N6O2/c1-16-25-15-30(27-16)22-11-10-18(12-23(22)32-3)26-21-9-4-6-17-14-29(28-24(17)21)19-7-5-8-20(13-19)31-2/h4-15,26H,1-3H3. The lowest BCUT2D eigenvalue weighted by Gasteiger charge is -2.12. The van der Waals surface area contributed by atoms with Gasteiger partial charge < -0.3 is 14.8 Å². The lowest BCUT2D eigenvalue weighted by molar-refractivity contribution is 0.412. The van der Waals surface area contributed by atoms with Crippen molar-refractivity contribution in [1.29, 1.82) is 0 Å². The molecule has 2 aromatic heterocycles. The van der Waals surface area contributed by atoms with Crippen LogP contribution in [-0.2, 0) is 0 Å². The van der Waals surface area contributed by atoms with Gasteiger partial charge in [0.05, 0.1) is 25.6 Å². The molecular formula is C24H22N6O2. The van der Waals surface area contributed by atoms with E-state index in [9.17, 15) is 0 Å². The third kappa shape index (κ3) is 3.62. The second-order valence-electron chi connectivity index (χ2n) is 7.27. The second-order valence-corrected chi connectivity index (χ2v) is 7.27. The molecule has 0 radical (unpaired) electrons. The minimum Gasteiger partial charge on any atom is -0.497 e. The van der Waals surface area contributed by atoms with Crippen molar-refractivity contribution in [2.75, 3.05) is 19.5 Å². The molecule has 0 saturated carbocycles. The molecule has 0 bridgehead atoms. The van der Waals surface area contributed by atoms with Crippen molar-refractivity contribution in [3.63, 3.8) is 0 Å². The van der Waals surface area contributed by atoms with Gasteiger partial charge in [-0.25, -0.2) is 14.3 Å².